The topological polar surface area (TPSA) is 66.6 Å². The molecular weight excluding hydrogens is 297 g/mol. The van der Waals surface area contributed by atoms with Crippen LogP contribution in [0.25, 0.3) is 0 Å². The van der Waals surface area contributed by atoms with Crippen LogP contribution in [-0.4, -0.2) is 47.8 Å². The van der Waals surface area contributed by atoms with Gasteiger partial charge >= 0.3 is 0 Å². The quantitative estimate of drug-likeness (QED) is 0.897. The minimum atomic E-state index is -0.824. The maximum absolute atomic E-state index is 13.4. The van der Waals surface area contributed by atoms with E-state index in [0.29, 0.717) is 5.56 Å². The van der Waals surface area contributed by atoms with E-state index in [4.69, 9.17) is 5.73 Å². The van der Waals surface area contributed by atoms with E-state index in [9.17, 15) is 14.0 Å². The van der Waals surface area contributed by atoms with Crippen molar-refractivity contribution in [1.82, 2.24) is 9.80 Å². The predicted molar refractivity (Wildman–Crippen MR) is 86.0 cm³/mol. The fraction of sp³-hybridized carbons (Fsp3) is 0.529. The average Bonchev–Trinajstić information content (AvgIpc) is 2.47. The average molecular weight is 321 g/mol. The molecule has 5 nitrogen and oxygen atoms in total. The number of carbonyl (C=O) groups excluding carboxylic acids is 2. The molecule has 1 aromatic carbocycles. The first-order valence-corrected chi connectivity index (χ1v) is 7.94. The zero-order valence-electron chi connectivity index (χ0n) is 13.7. The van der Waals surface area contributed by atoms with Gasteiger partial charge in [0, 0.05) is 12.6 Å². The normalized spacial score (nSPS) is 19.7. The van der Waals surface area contributed by atoms with Crippen LogP contribution in [0.5, 0.6) is 0 Å². The molecule has 0 radical (unpaired) electrons. The number of piperidine rings is 1. The summed E-state index contributed by atoms with van der Waals surface area (Å²) < 4.78 is 13.4. The van der Waals surface area contributed by atoms with Crippen molar-refractivity contribution in [1.29, 1.82) is 0 Å². The summed E-state index contributed by atoms with van der Waals surface area (Å²) in [7, 11) is 1.66. The number of amides is 2. The minimum Gasteiger partial charge on any atom is -0.368 e. The second-order valence-electron chi connectivity index (χ2n) is 6.21. The van der Waals surface area contributed by atoms with Gasteiger partial charge in [-0.15, -0.1) is 0 Å². The molecule has 2 N–H and O–H groups in total. The van der Waals surface area contributed by atoms with E-state index in [1.165, 1.54) is 18.2 Å². The Balaban J connectivity index is 2.10. The smallest absolute Gasteiger partial charge is 0.239 e. The predicted octanol–water partition coefficient (Wildman–Crippen LogP) is 1.68. The molecule has 23 heavy (non-hydrogen) atoms. The van der Waals surface area contributed by atoms with Gasteiger partial charge in [-0.3, -0.25) is 14.5 Å². The van der Waals surface area contributed by atoms with Gasteiger partial charge < -0.3 is 10.6 Å². The van der Waals surface area contributed by atoms with Crippen LogP contribution in [0.3, 0.4) is 0 Å². The van der Waals surface area contributed by atoms with Crippen molar-refractivity contribution in [2.75, 3.05) is 20.1 Å². The van der Waals surface area contributed by atoms with Crippen LogP contribution in [0.1, 0.15) is 37.8 Å². The van der Waals surface area contributed by atoms with Crippen LogP contribution in [0.4, 0.5) is 4.39 Å². The van der Waals surface area contributed by atoms with Gasteiger partial charge in [0.2, 0.25) is 11.8 Å². The van der Waals surface area contributed by atoms with Gasteiger partial charge in [-0.1, -0.05) is 12.1 Å². The minimum absolute atomic E-state index is 0.0256. The molecular formula is C17H24FN3O2. The summed E-state index contributed by atoms with van der Waals surface area (Å²) in [6.45, 7) is 2.86. The number of hydrogen-bond donors (Lipinski definition) is 1. The van der Waals surface area contributed by atoms with Crippen LogP contribution in [0.2, 0.25) is 0 Å². The third-order valence-corrected chi connectivity index (χ3v) is 4.38. The number of nitrogens with zero attached hydrogens (tertiary/aromatic N) is 2. The van der Waals surface area contributed by atoms with Crippen molar-refractivity contribution in [2.24, 2.45) is 5.73 Å². The lowest BCUT2D eigenvalue weighted by Crippen LogP contribution is -2.48. The highest BCUT2D eigenvalue weighted by Gasteiger charge is 2.29. The number of likely N-dealkylation sites (N-methyl/N-ethyl adjacent to an activating group) is 1. The van der Waals surface area contributed by atoms with E-state index in [1.54, 1.807) is 18.0 Å². The van der Waals surface area contributed by atoms with E-state index in [1.807, 2.05) is 11.8 Å². The summed E-state index contributed by atoms with van der Waals surface area (Å²) in [5.41, 5.74) is 5.93. The molecule has 126 valence electrons. The van der Waals surface area contributed by atoms with E-state index in [0.717, 1.165) is 25.8 Å². The van der Waals surface area contributed by atoms with Gasteiger partial charge in [0.1, 0.15) is 11.9 Å². The van der Waals surface area contributed by atoms with Crippen molar-refractivity contribution in [3.8, 4) is 0 Å². The second kappa shape index (κ2) is 7.55. The Labute approximate surface area is 136 Å². The summed E-state index contributed by atoms with van der Waals surface area (Å²) in [6.07, 6.45) is 3.13. The van der Waals surface area contributed by atoms with Crippen molar-refractivity contribution in [3.05, 3.63) is 35.6 Å². The lowest BCUT2D eigenvalue weighted by atomic mass is 10.0. The van der Waals surface area contributed by atoms with Crippen LogP contribution >= 0.6 is 0 Å². The molecule has 1 fully saturated rings. The third-order valence-electron chi connectivity index (χ3n) is 4.38. The standard InChI is InChI=1S/C17H24FN3O2/c1-12-6-3-4-9-21(12)15(22)11-20(2)16(17(19)23)13-7-5-8-14(18)10-13/h5,7-8,10,12,16H,3-4,6,9,11H2,1-2H3,(H2,19,23)/t12-,16-/m0/s1. The number of rotatable bonds is 5. The highest BCUT2D eigenvalue weighted by atomic mass is 19.1. The van der Waals surface area contributed by atoms with E-state index >= 15 is 0 Å². The van der Waals surface area contributed by atoms with Gasteiger partial charge in [0.05, 0.1) is 6.54 Å². The third kappa shape index (κ3) is 4.28. The van der Waals surface area contributed by atoms with Crippen molar-refractivity contribution < 1.29 is 14.0 Å². The maximum Gasteiger partial charge on any atom is 0.239 e. The Morgan fingerprint density at radius 3 is 2.78 bits per heavy atom. The number of halogens is 1. The number of likely N-dealkylation sites (tertiary alicyclic amines) is 1. The summed E-state index contributed by atoms with van der Waals surface area (Å²) in [5.74, 6) is -1.06. The van der Waals surface area contributed by atoms with Gasteiger partial charge in [-0.05, 0) is 50.9 Å². The summed E-state index contributed by atoms with van der Waals surface area (Å²) in [6, 6.07) is 5.15. The maximum atomic E-state index is 13.4. The molecule has 1 aliphatic rings. The molecule has 2 atom stereocenters. The summed E-state index contributed by atoms with van der Waals surface area (Å²) >= 11 is 0. The largest absolute Gasteiger partial charge is 0.368 e. The molecule has 0 saturated carbocycles. The van der Waals surface area contributed by atoms with Gasteiger partial charge in [-0.2, -0.15) is 0 Å². The van der Waals surface area contributed by atoms with Crippen LogP contribution in [0.15, 0.2) is 24.3 Å². The Morgan fingerprint density at radius 1 is 1.43 bits per heavy atom. The fourth-order valence-electron chi connectivity index (χ4n) is 3.18. The highest BCUT2D eigenvalue weighted by molar-refractivity contribution is 5.83. The lowest BCUT2D eigenvalue weighted by Gasteiger charge is -2.35. The summed E-state index contributed by atoms with van der Waals surface area (Å²) in [5, 5.41) is 0. The molecule has 0 aliphatic carbocycles. The van der Waals surface area contributed by atoms with Crippen molar-refractivity contribution in [3.63, 3.8) is 0 Å². The monoisotopic (exact) mass is 321 g/mol. The molecule has 0 bridgehead atoms. The Morgan fingerprint density at radius 2 is 2.17 bits per heavy atom. The van der Waals surface area contributed by atoms with Crippen LogP contribution in [0, 0.1) is 5.82 Å². The first kappa shape index (κ1) is 17.4. The number of benzene rings is 1. The van der Waals surface area contributed by atoms with E-state index in [-0.39, 0.29) is 18.5 Å². The lowest BCUT2D eigenvalue weighted by molar-refractivity contribution is -0.136. The number of nitrogens with two attached hydrogens (primary N) is 1. The SMILES string of the molecule is C[C@H]1CCCCN1C(=O)CN(C)[C@H](C(N)=O)c1cccc(F)c1. The molecule has 1 aromatic rings. The molecule has 2 rings (SSSR count). The number of primary amides is 1. The van der Waals surface area contributed by atoms with Crippen molar-refractivity contribution in [2.45, 2.75) is 38.3 Å². The van der Waals surface area contributed by atoms with Crippen LogP contribution < -0.4 is 5.73 Å². The highest BCUT2D eigenvalue weighted by Crippen LogP contribution is 2.21. The summed E-state index contributed by atoms with van der Waals surface area (Å²) in [4.78, 5) is 27.7. The van der Waals surface area contributed by atoms with Gasteiger partial charge in [0.25, 0.3) is 0 Å². The van der Waals surface area contributed by atoms with Crippen LogP contribution in [-0.2, 0) is 9.59 Å². The molecule has 6 heteroatoms. The number of hydrogen-bond acceptors (Lipinski definition) is 3. The van der Waals surface area contributed by atoms with Crippen molar-refractivity contribution >= 4 is 11.8 Å². The van der Waals surface area contributed by atoms with E-state index in [2.05, 4.69) is 0 Å². The molecule has 2 amide bonds. The Hall–Kier alpha value is -1.95. The Bertz CT molecular complexity index is 579. The second-order valence-corrected chi connectivity index (χ2v) is 6.21. The Kier molecular flexibility index (Phi) is 5.71. The number of carbonyl (C=O) groups is 2. The molecule has 0 spiro atoms. The molecule has 1 saturated heterocycles. The van der Waals surface area contributed by atoms with E-state index < -0.39 is 17.8 Å². The zero-order valence-corrected chi connectivity index (χ0v) is 13.7. The zero-order chi connectivity index (χ0) is 17.0. The fourth-order valence-corrected chi connectivity index (χ4v) is 3.18. The molecule has 0 aromatic heterocycles. The van der Waals surface area contributed by atoms with Gasteiger partial charge in [-0.25, -0.2) is 4.39 Å². The first-order chi connectivity index (χ1) is 10.9. The first-order valence-electron chi connectivity index (χ1n) is 7.94. The molecule has 0 unspecified atom stereocenters. The molecule has 1 heterocycles. The van der Waals surface area contributed by atoms with Gasteiger partial charge in [0.15, 0.2) is 0 Å². The molecule has 1 aliphatic heterocycles.